The average Bonchev–Trinajstić information content (AvgIpc) is 2.59. The summed E-state index contributed by atoms with van der Waals surface area (Å²) in [6, 6.07) is 3.70. The summed E-state index contributed by atoms with van der Waals surface area (Å²) in [4.78, 5) is 21.2. The predicted octanol–water partition coefficient (Wildman–Crippen LogP) is 4.89. The quantitative estimate of drug-likeness (QED) is 0.754. The van der Waals surface area contributed by atoms with Crippen LogP contribution in [0.4, 0.5) is 13.2 Å². The molecule has 0 fully saturated rings. The van der Waals surface area contributed by atoms with Crippen molar-refractivity contribution in [1.29, 1.82) is 0 Å². The van der Waals surface area contributed by atoms with Gasteiger partial charge in [0, 0.05) is 34.3 Å². The number of ketones is 1. The Labute approximate surface area is 170 Å². The van der Waals surface area contributed by atoms with Gasteiger partial charge in [0.05, 0.1) is 6.20 Å². The highest BCUT2D eigenvalue weighted by molar-refractivity contribution is 6.31. The Morgan fingerprint density at radius 3 is 2.59 bits per heavy atom. The molecule has 150 valence electrons. The maximum absolute atomic E-state index is 14.4. The molecule has 1 atom stereocenters. The van der Waals surface area contributed by atoms with Gasteiger partial charge in [-0.15, -0.1) is 0 Å². The number of rotatable bonds is 2. The smallest absolute Gasteiger partial charge is 0.163 e. The first-order valence-electron chi connectivity index (χ1n) is 9.02. The second-order valence-electron chi connectivity index (χ2n) is 7.99. The molecule has 1 aliphatic heterocycles. The SMILES string of the molecule is CC1(C)CC(=O)C2=C(C1)NC(c1ncc(F)cc1F)=NC2c1ccc(F)cc1Cl. The van der Waals surface area contributed by atoms with Crippen molar-refractivity contribution in [3.63, 3.8) is 0 Å². The van der Waals surface area contributed by atoms with E-state index >= 15 is 0 Å². The number of amidine groups is 1. The van der Waals surface area contributed by atoms with Crippen LogP contribution >= 0.6 is 11.6 Å². The third kappa shape index (κ3) is 3.67. The number of carbonyl (C=O) groups is 1. The Kier molecular flexibility index (Phi) is 4.73. The molecular formula is C21H17ClF3N3O. The van der Waals surface area contributed by atoms with Crippen molar-refractivity contribution < 1.29 is 18.0 Å². The number of aliphatic imine (C=N–C) groups is 1. The van der Waals surface area contributed by atoms with Crippen molar-refractivity contribution in [1.82, 2.24) is 10.3 Å². The highest BCUT2D eigenvalue weighted by atomic mass is 35.5. The first-order chi connectivity index (χ1) is 13.6. The second-order valence-corrected chi connectivity index (χ2v) is 8.40. The van der Waals surface area contributed by atoms with Crippen LogP contribution in [0.25, 0.3) is 0 Å². The summed E-state index contributed by atoms with van der Waals surface area (Å²) in [6.07, 6.45) is 1.73. The maximum Gasteiger partial charge on any atom is 0.163 e. The number of aromatic nitrogens is 1. The van der Waals surface area contributed by atoms with Gasteiger partial charge in [0.1, 0.15) is 23.4 Å². The molecule has 1 aromatic heterocycles. The molecule has 0 amide bonds. The lowest BCUT2D eigenvalue weighted by atomic mass is 9.73. The van der Waals surface area contributed by atoms with Gasteiger partial charge in [0.15, 0.2) is 17.4 Å². The first kappa shape index (κ1) is 19.6. The Morgan fingerprint density at radius 1 is 1.14 bits per heavy atom. The van der Waals surface area contributed by atoms with E-state index in [1.807, 2.05) is 13.8 Å². The van der Waals surface area contributed by atoms with Crippen LogP contribution in [0.3, 0.4) is 0 Å². The van der Waals surface area contributed by atoms with Crippen molar-refractivity contribution in [3.05, 3.63) is 75.5 Å². The van der Waals surface area contributed by atoms with Gasteiger partial charge in [-0.3, -0.25) is 9.79 Å². The molecule has 1 aromatic carbocycles. The molecule has 1 aliphatic carbocycles. The van der Waals surface area contributed by atoms with Crippen LogP contribution in [0.2, 0.25) is 5.02 Å². The summed E-state index contributed by atoms with van der Waals surface area (Å²) in [5, 5.41) is 3.12. The number of allylic oxidation sites excluding steroid dienone is 1. The molecule has 0 spiro atoms. The average molecular weight is 420 g/mol. The van der Waals surface area contributed by atoms with E-state index in [9.17, 15) is 18.0 Å². The molecule has 0 bridgehead atoms. The van der Waals surface area contributed by atoms with E-state index in [-0.39, 0.29) is 27.8 Å². The van der Waals surface area contributed by atoms with Crippen molar-refractivity contribution in [2.24, 2.45) is 10.4 Å². The zero-order valence-electron chi connectivity index (χ0n) is 15.7. The van der Waals surface area contributed by atoms with Crippen LogP contribution in [0.5, 0.6) is 0 Å². The second kappa shape index (κ2) is 6.99. The summed E-state index contributed by atoms with van der Waals surface area (Å²) in [7, 11) is 0. The molecule has 2 aliphatic rings. The number of halogens is 4. The van der Waals surface area contributed by atoms with Gasteiger partial charge in [-0.25, -0.2) is 18.2 Å². The fraction of sp³-hybridized carbons (Fsp3) is 0.286. The monoisotopic (exact) mass is 419 g/mol. The van der Waals surface area contributed by atoms with Gasteiger partial charge in [-0.2, -0.15) is 0 Å². The molecule has 0 saturated heterocycles. The van der Waals surface area contributed by atoms with E-state index in [0.29, 0.717) is 35.7 Å². The van der Waals surface area contributed by atoms with E-state index < -0.39 is 23.5 Å². The minimum atomic E-state index is -0.884. The fourth-order valence-corrected chi connectivity index (χ4v) is 4.06. The highest BCUT2D eigenvalue weighted by Gasteiger charge is 2.40. The van der Waals surface area contributed by atoms with Gasteiger partial charge in [0.2, 0.25) is 0 Å². The fourth-order valence-electron chi connectivity index (χ4n) is 3.79. The number of hydrogen-bond acceptors (Lipinski definition) is 4. The first-order valence-corrected chi connectivity index (χ1v) is 9.40. The Hall–Kier alpha value is -2.67. The molecule has 4 rings (SSSR count). The zero-order chi connectivity index (χ0) is 20.9. The minimum Gasteiger partial charge on any atom is -0.342 e. The molecule has 2 aromatic rings. The normalized spacial score (nSPS) is 20.8. The number of nitrogens with zero attached hydrogens (tertiary/aromatic N) is 2. The van der Waals surface area contributed by atoms with E-state index in [1.165, 1.54) is 12.1 Å². The third-order valence-electron chi connectivity index (χ3n) is 5.01. The van der Waals surface area contributed by atoms with Crippen LogP contribution < -0.4 is 5.32 Å². The van der Waals surface area contributed by atoms with E-state index in [4.69, 9.17) is 11.6 Å². The molecular weight excluding hydrogens is 403 g/mol. The Balaban J connectivity index is 1.89. The number of Topliss-reactive ketones (excluding diaryl/α,β-unsaturated/α-hetero) is 1. The van der Waals surface area contributed by atoms with Crippen LogP contribution in [0.15, 0.2) is 46.7 Å². The summed E-state index contributed by atoms with van der Waals surface area (Å²) in [5.41, 5.74) is 0.959. The van der Waals surface area contributed by atoms with E-state index in [1.54, 1.807) is 0 Å². The maximum atomic E-state index is 14.4. The van der Waals surface area contributed by atoms with Crippen LogP contribution in [-0.2, 0) is 4.79 Å². The summed E-state index contributed by atoms with van der Waals surface area (Å²) in [5.74, 6) is -2.25. The highest BCUT2D eigenvalue weighted by Crippen LogP contribution is 2.44. The topological polar surface area (TPSA) is 54.4 Å². The van der Waals surface area contributed by atoms with E-state index in [2.05, 4.69) is 15.3 Å². The predicted molar refractivity (Wildman–Crippen MR) is 103 cm³/mol. The number of pyridine rings is 1. The molecule has 1 unspecified atom stereocenters. The molecule has 4 nitrogen and oxygen atoms in total. The lowest BCUT2D eigenvalue weighted by Crippen LogP contribution is -2.40. The minimum absolute atomic E-state index is 0.0668. The van der Waals surface area contributed by atoms with Crippen LogP contribution in [-0.4, -0.2) is 16.6 Å². The van der Waals surface area contributed by atoms with Crippen molar-refractivity contribution in [3.8, 4) is 0 Å². The molecule has 0 saturated carbocycles. The summed E-state index contributed by atoms with van der Waals surface area (Å²) < 4.78 is 41.2. The number of carbonyl (C=O) groups excluding carboxylic acids is 1. The van der Waals surface area contributed by atoms with Gasteiger partial charge in [0.25, 0.3) is 0 Å². The zero-order valence-corrected chi connectivity index (χ0v) is 16.4. The Morgan fingerprint density at radius 2 is 1.90 bits per heavy atom. The van der Waals surface area contributed by atoms with Crippen molar-refractivity contribution in [2.45, 2.75) is 32.7 Å². The Bertz CT molecular complexity index is 1090. The third-order valence-corrected chi connectivity index (χ3v) is 5.34. The number of hydrogen-bond donors (Lipinski definition) is 1. The van der Waals surface area contributed by atoms with Gasteiger partial charge in [-0.05, 0) is 24.0 Å². The molecule has 8 heteroatoms. The van der Waals surface area contributed by atoms with Gasteiger partial charge >= 0.3 is 0 Å². The lowest BCUT2D eigenvalue weighted by Gasteiger charge is -2.37. The number of nitrogens with one attached hydrogen (secondary N) is 1. The molecule has 0 radical (unpaired) electrons. The van der Waals surface area contributed by atoms with Crippen molar-refractivity contribution >= 4 is 23.2 Å². The lowest BCUT2D eigenvalue weighted by molar-refractivity contribution is -0.118. The molecule has 29 heavy (non-hydrogen) atoms. The van der Waals surface area contributed by atoms with Crippen molar-refractivity contribution in [2.75, 3.05) is 0 Å². The molecule has 2 heterocycles. The number of benzene rings is 1. The van der Waals surface area contributed by atoms with Crippen LogP contribution in [0.1, 0.15) is 44.0 Å². The standard InChI is InChI=1S/C21H17ClF3N3O/c1-21(2)7-15-17(16(29)8-21)18(12-4-3-10(23)5-13(12)22)28-20(27-15)19-14(25)6-11(24)9-26-19/h3-6,9,18H,7-8H2,1-2H3,(H,27,28). The van der Waals surface area contributed by atoms with Gasteiger partial charge < -0.3 is 5.32 Å². The summed E-state index contributed by atoms with van der Waals surface area (Å²) in [6.45, 7) is 3.91. The van der Waals surface area contributed by atoms with Crippen LogP contribution in [0, 0.1) is 22.9 Å². The summed E-state index contributed by atoms with van der Waals surface area (Å²) >= 11 is 6.24. The van der Waals surface area contributed by atoms with Gasteiger partial charge in [-0.1, -0.05) is 31.5 Å². The molecule has 1 N–H and O–H groups in total. The van der Waals surface area contributed by atoms with E-state index in [0.717, 1.165) is 12.3 Å². The largest absolute Gasteiger partial charge is 0.342 e.